The van der Waals surface area contributed by atoms with E-state index in [1.54, 1.807) is 6.20 Å². The van der Waals surface area contributed by atoms with Crippen LogP contribution in [0.3, 0.4) is 0 Å². The summed E-state index contributed by atoms with van der Waals surface area (Å²) < 4.78 is 2.05. The molecule has 4 rings (SSSR count). The summed E-state index contributed by atoms with van der Waals surface area (Å²) in [6.45, 7) is 0.904. The Kier molecular flexibility index (Phi) is 4.57. The molecule has 0 fully saturated rings. The predicted octanol–water partition coefficient (Wildman–Crippen LogP) is 4.17. The summed E-state index contributed by atoms with van der Waals surface area (Å²) in [5.74, 6) is 0. The third-order valence-corrected chi connectivity index (χ3v) is 3.28. The molecule has 0 radical (unpaired) electrons. The molecule has 0 atom stereocenters. The summed E-state index contributed by atoms with van der Waals surface area (Å²) in [6.07, 6.45) is 7.39. The van der Waals surface area contributed by atoms with Gasteiger partial charge in [-0.1, -0.05) is 54.6 Å². The highest BCUT2D eigenvalue weighted by molar-refractivity contribution is 5.77. The van der Waals surface area contributed by atoms with Crippen LogP contribution >= 0.6 is 0 Å². The number of pyridine rings is 1. The minimum Gasteiger partial charge on any atom is -0.333 e. The van der Waals surface area contributed by atoms with Gasteiger partial charge in [-0.05, 0) is 17.7 Å². The monoisotopic (exact) mass is 287 g/mol. The Bertz CT molecular complexity index is 743. The van der Waals surface area contributed by atoms with Crippen molar-refractivity contribution >= 4 is 10.9 Å². The Morgan fingerprint density at radius 2 is 1.55 bits per heavy atom. The molecule has 2 aromatic carbocycles. The van der Waals surface area contributed by atoms with Crippen LogP contribution in [0, 0.1) is 0 Å². The lowest BCUT2D eigenvalue weighted by atomic mass is 10.2. The van der Waals surface area contributed by atoms with Gasteiger partial charge in [0, 0.05) is 30.5 Å². The van der Waals surface area contributed by atoms with Gasteiger partial charge in [0.1, 0.15) is 0 Å². The molecule has 0 amide bonds. The predicted molar refractivity (Wildman–Crippen MR) is 89.5 cm³/mol. The smallest absolute Gasteiger partial charge is 0.0949 e. The van der Waals surface area contributed by atoms with E-state index in [4.69, 9.17) is 0 Å². The maximum Gasteiger partial charge on any atom is 0.0949 e. The number of aromatic nitrogens is 3. The van der Waals surface area contributed by atoms with Gasteiger partial charge in [-0.15, -0.1) is 0 Å². The van der Waals surface area contributed by atoms with Gasteiger partial charge < -0.3 is 4.57 Å². The van der Waals surface area contributed by atoms with E-state index in [1.807, 2.05) is 61.2 Å². The van der Waals surface area contributed by atoms with Crippen LogP contribution in [0.1, 0.15) is 5.56 Å². The van der Waals surface area contributed by atoms with Gasteiger partial charge in [0.2, 0.25) is 0 Å². The topological polar surface area (TPSA) is 30.7 Å². The molecule has 2 aromatic heterocycles. The number of benzene rings is 2. The zero-order chi connectivity index (χ0) is 15.0. The van der Waals surface area contributed by atoms with Crippen molar-refractivity contribution in [3.8, 4) is 0 Å². The molecule has 0 saturated carbocycles. The first-order chi connectivity index (χ1) is 10.9. The Labute approximate surface area is 129 Å². The molecule has 22 heavy (non-hydrogen) atoms. The zero-order valence-corrected chi connectivity index (χ0v) is 12.2. The van der Waals surface area contributed by atoms with E-state index in [0.717, 1.165) is 12.1 Å². The first-order valence-electron chi connectivity index (χ1n) is 7.21. The lowest BCUT2D eigenvalue weighted by Crippen LogP contribution is -1.95. The van der Waals surface area contributed by atoms with Gasteiger partial charge >= 0.3 is 0 Å². The van der Waals surface area contributed by atoms with Crippen LogP contribution in [0.4, 0.5) is 0 Å². The van der Waals surface area contributed by atoms with Crippen molar-refractivity contribution in [3.05, 3.63) is 97.2 Å². The summed E-state index contributed by atoms with van der Waals surface area (Å²) in [7, 11) is 0. The Morgan fingerprint density at radius 1 is 0.773 bits per heavy atom. The molecule has 2 heterocycles. The molecule has 0 aliphatic heterocycles. The molecule has 4 aromatic rings. The summed E-state index contributed by atoms with van der Waals surface area (Å²) in [5, 5.41) is 1.20. The van der Waals surface area contributed by atoms with Crippen LogP contribution in [-0.2, 0) is 6.54 Å². The third kappa shape index (κ3) is 3.79. The van der Waals surface area contributed by atoms with Crippen molar-refractivity contribution < 1.29 is 0 Å². The molecular weight excluding hydrogens is 270 g/mol. The highest BCUT2D eigenvalue weighted by Crippen LogP contribution is 2.07. The summed E-state index contributed by atoms with van der Waals surface area (Å²) in [4.78, 5) is 8.16. The lowest BCUT2D eigenvalue weighted by Gasteiger charge is -2.00. The average Bonchev–Trinajstić information content (AvgIpc) is 3.10. The number of nitrogens with zero attached hydrogens (tertiary/aromatic N) is 3. The highest BCUT2D eigenvalue weighted by atomic mass is 15.0. The Morgan fingerprint density at radius 3 is 2.32 bits per heavy atom. The maximum absolute atomic E-state index is 4.18. The molecule has 0 N–H and O–H groups in total. The van der Waals surface area contributed by atoms with Crippen LogP contribution in [0.5, 0.6) is 0 Å². The van der Waals surface area contributed by atoms with E-state index in [-0.39, 0.29) is 0 Å². The number of hydrogen-bond donors (Lipinski definition) is 0. The second-order valence-corrected chi connectivity index (χ2v) is 4.92. The van der Waals surface area contributed by atoms with E-state index < -0.39 is 0 Å². The third-order valence-electron chi connectivity index (χ3n) is 3.28. The van der Waals surface area contributed by atoms with Gasteiger partial charge in [-0.25, -0.2) is 4.98 Å². The normalized spacial score (nSPS) is 10.0. The molecule has 0 aliphatic carbocycles. The number of rotatable bonds is 2. The van der Waals surface area contributed by atoms with Crippen LogP contribution in [-0.4, -0.2) is 14.5 Å². The van der Waals surface area contributed by atoms with Crippen molar-refractivity contribution in [2.75, 3.05) is 0 Å². The molecule has 0 saturated heterocycles. The minimum atomic E-state index is 0.904. The average molecular weight is 287 g/mol. The van der Waals surface area contributed by atoms with Crippen molar-refractivity contribution in [2.24, 2.45) is 0 Å². The molecule has 0 unspecified atom stereocenters. The largest absolute Gasteiger partial charge is 0.333 e. The Hall–Kier alpha value is -2.94. The van der Waals surface area contributed by atoms with Crippen LogP contribution < -0.4 is 0 Å². The van der Waals surface area contributed by atoms with Crippen molar-refractivity contribution in [1.29, 1.82) is 0 Å². The molecule has 3 heteroatoms. The van der Waals surface area contributed by atoms with Gasteiger partial charge in [-0.3, -0.25) is 4.98 Å². The van der Waals surface area contributed by atoms with Gasteiger partial charge in [0.05, 0.1) is 11.8 Å². The van der Waals surface area contributed by atoms with Gasteiger partial charge in [-0.2, -0.15) is 0 Å². The van der Waals surface area contributed by atoms with Crippen molar-refractivity contribution in [2.45, 2.75) is 6.54 Å². The number of hydrogen-bond acceptors (Lipinski definition) is 2. The summed E-state index contributed by atoms with van der Waals surface area (Å²) >= 11 is 0. The van der Waals surface area contributed by atoms with Crippen molar-refractivity contribution in [1.82, 2.24) is 14.5 Å². The van der Waals surface area contributed by atoms with E-state index in [9.17, 15) is 0 Å². The highest BCUT2D eigenvalue weighted by Gasteiger charge is 1.91. The first kappa shape index (κ1) is 14.0. The van der Waals surface area contributed by atoms with E-state index >= 15 is 0 Å². The first-order valence-corrected chi connectivity index (χ1v) is 7.21. The fourth-order valence-corrected chi connectivity index (χ4v) is 2.19. The lowest BCUT2D eigenvalue weighted by molar-refractivity contribution is 0.797. The molecule has 0 aliphatic rings. The molecule has 108 valence electrons. The standard InChI is InChI=1S/C10H10N2.C9H7N/c1-2-4-10(5-3-1)8-12-7-6-11-9-12;1-2-6-9-8(4-1)5-3-7-10-9/h1-7,9H,8H2;1-7H. The molecular formula is C19H17N3. The molecule has 0 bridgehead atoms. The number of para-hydroxylation sites is 1. The van der Waals surface area contributed by atoms with Crippen molar-refractivity contribution in [3.63, 3.8) is 0 Å². The van der Waals surface area contributed by atoms with Gasteiger partial charge in [0.15, 0.2) is 0 Å². The summed E-state index contributed by atoms with van der Waals surface area (Å²) in [5.41, 5.74) is 2.36. The van der Waals surface area contributed by atoms with E-state index in [1.165, 1.54) is 10.9 Å². The number of imidazole rings is 1. The van der Waals surface area contributed by atoms with E-state index in [2.05, 4.69) is 38.8 Å². The van der Waals surface area contributed by atoms with E-state index in [0.29, 0.717) is 0 Å². The zero-order valence-electron chi connectivity index (χ0n) is 12.2. The van der Waals surface area contributed by atoms with Crippen LogP contribution in [0.15, 0.2) is 91.6 Å². The fourth-order valence-electron chi connectivity index (χ4n) is 2.19. The summed E-state index contributed by atoms with van der Waals surface area (Å²) in [6, 6.07) is 22.4. The molecule has 3 nitrogen and oxygen atoms in total. The van der Waals surface area contributed by atoms with Crippen LogP contribution in [0.2, 0.25) is 0 Å². The second-order valence-electron chi connectivity index (χ2n) is 4.92. The maximum atomic E-state index is 4.18. The fraction of sp³-hybridized carbons (Fsp3) is 0.0526. The Balaban J connectivity index is 0.000000133. The second kappa shape index (κ2) is 7.18. The SMILES string of the molecule is c1ccc(Cn2ccnc2)cc1.c1ccc2ncccc2c1. The van der Waals surface area contributed by atoms with Crippen LogP contribution in [0.25, 0.3) is 10.9 Å². The van der Waals surface area contributed by atoms with Gasteiger partial charge in [0.25, 0.3) is 0 Å². The number of fused-ring (bicyclic) bond motifs is 1. The molecule has 0 spiro atoms. The minimum absolute atomic E-state index is 0.904. The quantitative estimate of drug-likeness (QED) is 0.554.